The predicted molar refractivity (Wildman–Crippen MR) is 233 cm³/mol. The van der Waals surface area contributed by atoms with Gasteiger partial charge in [0.2, 0.25) is 0 Å². The van der Waals surface area contributed by atoms with Crippen LogP contribution in [0.3, 0.4) is 0 Å². The molecule has 1 N–H and O–H groups in total. The molecule has 358 valence electrons. The Kier molecular flexibility index (Phi) is 41.4. The Bertz CT molecular complexity index is 1050. The van der Waals surface area contributed by atoms with Crippen LogP contribution in [0.15, 0.2) is 24.3 Å². The third kappa shape index (κ3) is 44.2. The molecule has 16 heteroatoms. The van der Waals surface area contributed by atoms with Gasteiger partial charge in [0.15, 0.2) is 0 Å². The SMILES string of the molecule is CCCCCCCCc1ccc(OCCOCCOCCOCCOCCOCCOCCOCCOCCOCCOCCOCCOCCNC(=O)OC(C)(C)C)cc1. The van der Waals surface area contributed by atoms with Crippen molar-refractivity contribution in [2.75, 3.05) is 172 Å². The van der Waals surface area contributed by atoms with E-state index in [1.54, 1.807) is 0 Å². The molecule has 61 heavy (non-hydrogen) atoms. The van der Waals surface area contributed by atoms with E-state index in [-0.39, 0.29) is 0 Å². The number of aryl methyl sites for hydroxylation is 1. The van der Waals surface area contributed by atoms with Crippen LogP contribution in [0.25, 0.3) is 0 Å². The summed E-state index contributed by atoms with van der Waals surface area (Å²) < 4.78 is 77.0. The molecule has 0 spiro atoms. The molecule has 0 unspecified atom stereocenters. The van der Waals surface area contributed by atoms with E-state index in [1.807, 2.05) is 32.9 Å². The normalized spacial score (nSPS) is 11.7. The highest BCUT2D eigenvalue weighted by Gasteiger charge is 2.15. The molecule has 0 aliphatic carbocycles. The lowest BCUT2D eigenvalue weighted by atomic mass is 10.0. The number of hydrogen-bond donors (Lipinski definition) is 1. The van der Waals surface area contributed by atoms with E-state index in [1.165, 1.54) is 44.1 Å². The first kappa shape index (κ1) is 56.8. The number of benzene rings is 1. The summed E-state index contributed by atoms with van der Waals surface area (Å²) >= 11 is 0. The summed E-state index contributed by atoms with van der Waals surface area (Å²) in [6.07, 6.45) is 8.61. The lowest BCUT2D eigenvalue weighted by Crippen LogP contribution is -2.34. The fraction of sp³-hybridized carbons (Fsp3) is 0.844. The van der Waals surface area contributed by atoms with Crippen LogP contribution in [0.5, 0.6) is 5.75 Å². The Morgan fingerprint density at radius 1 is 0.426 bits per heavy atom. The zero-order chi connectivity index (χ0) is 44.0. The van der Waals surface area contributed by atoms with Gasteiger partial charge in [-0.15, -0.1) is 0 Å². The van der Waals surface area contributed by atoms with Crippen molar-refractivity contribution in [2.24, 2.45) is 0 Å². The van der Waals surface area contributed by atoms with Gasteiger partial charge in [0.1, 0.15) is 18.0 Å². The fourth-order valence-corrected chi connectivity index (χ4v) is 5.14. The molecule has 0 radical (unpaired) electrons. The molecule has 16 nitrogen and oxygen atoms in total. The maximum atomic E-state index is 11.5. The van der Waals surface area contributed by atoms with Crippen molar-refractivity contribution in [3.05, 3.63) is 29.8 Å². The zero-order valence-electron chi connectivity index (χ0n) is 38.3. The van der Waals surface area contributed by atoms with Gasteiger partial charge in [0.05, 0.1) is 159 Å². The number of carbonyl (C=O) groups excluding carboxylic acids is 1. The maximum Gasteiger partial charge on any atom is 0.407 e. The average Bonchev–Trinajstić information content (AvgIpc) is 3.24. The van der Waals surface area contributed by atoms with Crippen LogP contribution in [-0.2, 0) is 68.0 Å². The molecule has 0 aliphatic rings. The molecule has 0 heterocycles. The van der Waals surface area contributed by atoms with Gasteiger partial charge in [0, 0.05) is 6.54 Å². The van der Waals surface area contributed by atoms with Gasteiger partial charge >= 0.3 is 6.09 Å². The van der Waals surface area contributed by atoms with Crippen molar-refractivity contribution in [3.63, 3.8) is 0 Å². The third-order valence-corrected chi connectivity index (χ3v) is 8.25. The lowest BCUT2D eigenvalue weighted by molar-refractivity contribution is -0.0285. The van der Waals surface area contributed by atoms with Crippen molar-refractivity contribution in [1.82, 2.24) is 5.32 Å². The number of ether oxygens (including phenoxy) is 14. The molecule has 1 rings (SSSR count). The second-order valence-electron chi connectivity index (χ2n) is 14.8. The predicted octanol–water partition coefficient (Wildman–Crippen LogP) is 5.69. The Morgan fingerprint density at radius 3 is 1.08 bits per heavy atom. The molecule has 1 aromatic carbocycles. The van der Waals surface area contributed by atoms with E-state index in [9.17, 15) is 4.79 Å². The summed E-state index contributed by atoms with van der Waals surface area (Å²) in [5.74, 6) is 0.881. The van der Waals surface area contributed by atoms with E-state index in [0.717, 1.165) is 12.2 Å². The quantitative estimate of drug-likeness (QED) is 0.0796. The fourth-order valence-electron chi connectivity index (χ4n) is 5.14. The first-order chi connectivity index (χ1) is 29.9. The van der Waals surface area contributed by atoms with E-state index >= 15 is 0 Å². The number of rotatable bonds is 47. The molecule has 1 aromatic rings. The minimum atomic E-state index is -0.515. The van der Waals surface area contributed by atoms with Crippen LogP contribution < -0.4 is 10.1 Å². The summed E-state index contributed by atoms with van der Waals surface area (Å²) in [5, 5.41) is 2.63. The lowest BCUT2D eigenvalue weighted by Gasteiger charge is -2.19. The number of carbonyl (C=O) groups is 1. The molecule has 0 fully saturated rings. The van der Waals surface area contributed by atoms with Gasteiger partial charge < -0.3 is 71.6 Å². The zero-order valence-corrected chi connectivity index (χ0v) is 38.3. The summed E-state index contributed by atoms with van der Waals surface area (Å²) in [6, 6.07) is 8.43. The Morgan fingerprint density at radius 2 is 0.738 bits per heavy atom. The van der Waals surface area contributed by atoms with Gasteiger partial charge in [-0.1, -0.05) is 51.2 Å². The smallest absolute Gasteiger partial charge is 0.407 e. The first-order valence-corrected chi connectivity index (χ1v) is 22.5. The summed E-state index contributed by atoms with van der Waals surface area (Å²) in [6.45, 7) is 20.3. The summed E-state index contributed by atoms with van der Waals surface area (Å²) in [4.78, 5) is 11.5. The summed E-state index contributed by atoms with van der Waals surface area (Å²) in [5.41, 5.74) is 0.859. The number of alkyl carbamates (subject to hydrolysis) is 1. The summed E-state index contributed by atoms with van der Waals surface area (Å²) in [7, 11) is 0. The van der Waals surface area contributed by atoms with Crippen molar-refractivity contribution >= 4 is 6.09 Å². The third-order valence-electron chi connectivity index (χ3n) is 8.25. The first-order valence-electron chi connectivity index (χ1n) is 22.5. The van der Waals surface area contributed by atoms with Gasteiger partial charge in [0.25, 0.3) is 0 Å². The number of hydrogen-bond acceptors (Lipinski definition) is 15. The molecule has 1 amide bonds. The number of unbranched alkanes of at least 4 members (excludes halogenated alkanes) is 5. The largest absolute Gasteiger partial charge is 0.491 e. The van der Waals surface area contributed by atoms with Gasteiger partial charge in [-0.25, -0.2) is 4.79 Å². The molecular formula is C45H83NO15. The van der Waals surface area contributed by atoms with Crippen LogP contribution in [0.2, 0.25) is 0 Å². The van der Waals surface area contributed by atoms with E-state index < -0.39 is 11.7 Å². The van der Waals surface area contributed by atoms with Crippen molar-refractivity contribution in [3.8, 4) is 5.75 Å². The maximum absolute atomic E-state index is 11.5. The van der Waals surface area contributed by atoms with Crippen molar-refractivity contribution in [2.45, 2.75) is 78.2 Å². The second kappa shape index (κ2) is 44.4. The van der Waals surface area contributed by atoms with Crippen LogP contribution in [0, 0.1) is 0 Å². The van der Waals surface area contributed by atoms with Gasteiger partial charge in [-0.3, -0.25) is 0 Å². The Hall–Kier alpha value is -2.19. The van der Waals surface area contributed by atoms with Gasteiger partial charge in [-0.05, 0) is 51.3 Å². The highest BCUT2D eigenvalue weighted by Crippen LogP contribution is 2.15. The van der Waals surface area contributed by atoms with Gasteiger partial charge in [-0.2, -0.15) is 0 Å². The van der Waals surface area contributed by atoms with E-state index in [0.29, 0.717) is 172 Å². The van der Waals surface area contributed by atoms with E-state index in [2.05, 4.69) is 24.4 Å². The molecular weight excluding hydrogens is 794 g/mol. The van der Waals surface area contributed by atoms with Crippen LogP contribution >= 0.6 is 0 Å². The molecule has 0 saturated heterocycles. The average molecular weight is 878 g/mol. The highest BCUT2D eigenvalue weighted by atomic mass is 16.6. The minimum absolute atomic E-state index is 0.380. The Balaban J connectivity index is 1.66. The Labute approximate surface area is 367 Å². The van der Waals surface area contributed by atoms with E-state index in [4.69, 9.17) is 66.3 Å². The topological polar surface area (TPSA) is 158 Å². The van der Waals surface area contributed by atoms with Crippen LogP contribution in [0.1, 0.15) is 71.8 Å². The van der Waals surface area contributed by atoms with Crippen molar-refractivity contribution in [1.29, 1.82) is 0 Å². The molecule has 0 aliphatic heterocycles. The van der Waals surface area contributed by atoms with Crippen LogP contribution in [-0.4, -0.2) is 183 Å². The highest BCUT2D eigenvalue weighted by molar-refractivity contribution is 5.67. The molecule has 0 bridgehead atoms. The minimum Gasteiger partial charge on any atom is -0.491 e. The van der Waals surface area contributed by atoms with Crippen molar-refractivity contribution < 1.29 is 71.1 Å². The molecule has 0 aromatic heterocycles. The molecule has 0 atom stereocenters. The monoisotopic (exact) mass is 878 g/mol. The standard InChI is InChI=1S/C45H83NO15/c1-5-6-7-8-9-10-11-42-12-14-43(15-13-42)60-41-40-59-39-38-58-37-36-57-35-34-56-33-32-55-31-30-54-29-28-53-27-26-52-25-24-51-23-22-50-21-20-49-19-18-48-17-16-46-44(47)61-45(2,3)4/h12-15H,5-11,16-41H2,1-4H3,(H,46,47). The number of amides is 1. The second-order valence-corrected chi connectivity index (χ2v) is 14.8. The van der Waals surface area contributed by atoms with Crippen LogP contribution in [0.4, 0.5) is 4.79 Å². The number of nitrogens with one attached hydrogen (secondary N) is 1. The molecule has 0 saturated carbocycles.